The molecule has 0 bridgehead atoms. The van der Waals surface area contributed by atoms with E-state index < -0.39 is 18.0 Å². The fraction of sp³-hybridized carbons (Fsp3) is 0.474. The number of ether oxygens (including phenoxy) is 1. The maximum absolute atomic E-state index is 11.8. The SMILES string of the molecule is NCCOc1ccc(CC(C(=O)O)=C(C(=O)O)[C@H]2CC[C@@H](O)CC2)cc1. The van der Waals surface area contributed by atoms with E-state index in [0.29, 0.717) is 50.1 Å². The zero-order valence-corrected chi connectivity index (χ0v) is 14.6. The van der Waals surface area contributed by atoms with Gasteiger partial charge in [-0.15, -0.1) is 0 Å². The summed E-state index contributed by atoms with van der Waals surface area (Å²) in [6.45, 7) is 0.780. The van der Waals surface area contributed by atoms with Crippen molar-refractivity contribution in [3.8, 4) is 5.75 Å². The zero-order valence-electron chi connectivity index (χ0n) is 14.6. The molecule has 26 heavy (non-hydrogen) atoms. The summed E-state index contributed by atoms with van der Waals surface area (Å²) in [5.74, 6) is -2.15. The van der Waals surface area contributed by atoms with Crippen LogP contribution in [0.2, 0.25) is 0 Å². The number of carboxylic acid groups (broad SMARTS) is 2. The van der Waals surface area contributed by atoms with E-state index in [4.69, 9.17) is 10.5 Å². The Kier molecular flexibility index (Phi) is 7.17. The number of hydrogen-bond acceptors (Lipinski definition) is 5. The molecule has 0 radical (unpaired) electrons. The summed E-state index contributed by atoms with van der Waals surface area (Å²) in [7, 11) is 0. The normalized spacial score (nSPS) is 21.0. The molecule has 7 heteroatoms. The first kappa shape index (κ1) is 19.9. The van der Waals surface area contributed by atoms with E-state index in [9.17, 15) is 24.9 Å². The molecule has 0 unspecified atom stereocenters. The molecule has 142 valence electrons. The van der Waals surface area contributed by atoms with Crippen LogP contribution in [0.15, 0.2) is 35.4 Å². The van der Waals surface area contributed by atoms with E-state index >= 15 is 0 Å². The summed E-state index contributed by atoms with van der Waals surface area (Å²) in [6, 6.07) is 6.86. The molecular formula is C19H25NO6. The first-order valence-corrected chi connectivity index (χ1v) is 8.71. The number of carbonyl (C=O) groups is 2. The third-order valence-corrected chi connectivity index (χ3v) is 4.61. The van der Waals surface area contributed by atoms with Crippen LogP contribution in [0.5, 0.6) is 5.75 Å². The molecule has 1 aliphatic carbocycles. The minimum atomic E-state index is -1.23. The number of carboxylic acids is 2. The highest BCUT2D eigenvalue weighted by atomic mass is 16.5. The predicted octanol–water partition coefficient (Wildman–Crippen LogP) is 1.58. The number of aliphatic hydroxyl groups is 1. The zero-order chi connectivity index (χ0) is 19.1. The number of aliphatic hydroxyl groups excluding tert-OH is 1. The number of benzene rings is 1. The van der Waals surface area contributed by atoms with Crippen molar-refractivity contribution in [2.24, 2.45) is 11.7 Å². The number of hydrogen-bond donors (Lipinski definition) is 4. The Morgan fingerprint density at radius 1 is 1.04 bits per heavy atom. The van der Waals surface area contributed by atoms with Gasteiger partial charge in [0.15, 0.2) is 0 Å². The van der Waals surface area contributed by atoms with Crippen molar-refractivity contribution in [2.75, 3.05) is 13.2 Å². The summed E-state index contributed by atoms with van der Waals surface area (Å²) in [5.41, 5.74) is 5.92. The second-order valence-electron chi connectivity index (χ2n) is 6.47. The average molecular weight is 363 g/mol. The van der Waals surface area contributed by atoms with E-state index in [2.05, 4.69) is 0 Å². The summed E-state index contributed by atoms with van der Waals surface area (Å²) < 4.78 is 5.38. The number of nitrogens with two attached hydrogens (primary N) is 1. The first-order chi connectivity index (χ1) is 12.4. The molecule has 2 rings (SSSR count). The molecule has 0 aliphatic heterocycles. The molecule has 0 heterocycles. The Bertz CT molecular complexity index is 659. The molecule has 1 saturated carbocycles. The molecule has 0 aromatic heterocycles. The molecule has 0 spiro atoms. The van der Waals surface area contributed by atoms with Gasteiger partial charge in [0.1, 0.15) is 12.4 Å². The third-order valence-electron chi connectivity index (χ3n) is 4.61. The van der Waals surface area contributed by atoms with Crippen LogP contribution < -0.4 is 10.5 Å². The second-order valence-corrected chi connectivity index (χ2v) is 6.47. The van der Waals surface area contributed by atoms with Crippen molar-refractivity contribution >= 4 is 11.9 Å². The van der Waals surface area contributed by atoms with Gasteiger partial charge in [-0.05, 0) is 49.3 Å². The maximum Gasteiger partial charge on any atom is 0.332 e. The van der Waals surface area contributed by atoms with Gasteiger partial charge in [-0.2, -0.15) is 0 Å². The molecular weight excluding hydrogens is 338 g/mol. The van der Waals surface area contributed by atoms with Crippen LogP contribution in [0.1, 0.15) is 31.2 Å². The Labute approximate surface area is 152 Å². The van der Waals surface area contributed by atoms with E-state index in [1.165, 1.54) is 0 Å². The topological polar surface area (TPSA) is 130 Å². The lowest BCUT2D eigenvalue weighted by atomic mass is 9.79. The first-order valence-electron chi connectivity index (χ1n) is 8.71. The van der Waals surface area contributed by atoms with Gasteiger partial charge in [-0.3, -0.25) is 0 Å². The highest BCUT2D eigenvalue weighted by Crippen LogP contribution is 2.33. The van der Waals surface area contributed by atoms with Crippen molar-refractivity contribution in [1.29, 1.82) is 0 Å². The number of aliphatic carboxylic acids is 2. The summed E-state index contributed by atoms with van der Waals surface area (Å²) in [5, 5.41) is 28.8. The van der Waals surface area contributed by atoms with Gasteiger partial charge in [0.25, 0.3) is 0 Å². The molecule has 1 fully saturated rings. The van der Waals surface area contributed by atoms with E-state index in [-0.39, 0.29) is 23.5 Å². The van der Waals surface area contributed by atoms with Crippen LogP contribution in [0.3, 0.4) is 0 Å². The average Bonchev–Trinajstić information content (AvgIpc) is 2.61. The maximum atomic E-state index is 11.8. The molecule has 1 aliphatic rings. The lowest BCUT2D eigenvalue weighted by Crippen LogP contribution is -2.25. The van der Waals surface area contributed by atoms with Crippen molar-refractivity contribution in [3.63, 3.8) is 0 Å². The van der Waals surface area contributed by atoms with E-state index in [1.807, 2.05) is 0 Å². The minimum Gasteiger partial charge on any atom is -0.492 e. The van der Waals surface area contributed by atoms with Crippen molar-refractivity contribution < 1.29 is 29.6 Å². The lowest BCUT2D eigenvalue weighted by molar-refractivity contribution is -0.136. The Balaban J connectivity index is 2.25. The largest absolute Gasteiger partial charge is 0.492 e. The van der Waals surface area contributed by atoms with Crippen LogP contribution in [0.25, 0.3) is 0 Å². The molecule has 5 N–H and O–H groups in total. The van der Waals surface area contributed by atoms with Gasteiger partial charge in [-0.1, -0.05) is 12.1 Å². The monoisotopic (exact) mass is 363 g/mol. The van der Waals surface area contributed by atoms with E-state index in [0.717, 1.165) is 0 Å². The number of rotatable bonds is 8. The van der Waals surface area contributed by atoms with E-state index in [1.54, 1.807) is 24.3 Å². The third kappa shape index (κ3) is 5.31. The van der Waals surface area contributed by atoms with Gasteiger partial charge in [-0.25, -0.2) is 9.59 Å². The Morgan fingerprint density at radius 2 is 1.65 bits per heavy atom. The van der Waals surface area contributed by atoms with Gasteiger partial charge >= 0.3 is 11.9 Å². The van der Waals surface area contributed by atoms with Gasteiger partial charge in [0, 0.05) is 13.0 Å². The van der Waals surface area contributed by atoms with Crippen molar-refractivity contribution in [2.45, 2.75) is 38.2 Å². The molecule has 7 nitrogen and oxygen atoms in total. The van der Waals surface area contributed by atoms with Crippen LogP contribution in [-0.2, 0) is 16.0 Å². The molecule has 1 aromatic carbocycles. The quantitative estimate of drug-likeness (QED) is 0.516. The summed E-state index contributed by atoms with van der Waals surface area (Å²) >= 11 is 0. The van der Waals surface area contributed by atoms with Gasteiger partial charge < -0.3 is 25.8 Å². The van der Waals surface area contributed by atoms with Gasteiger partial charge in [0.05, 0.1) is 17.3 Å². The van der Waals surface area contributed by atoms with Crippen LogP contribution in [-0.4, -0.2) is 46.5 Å². The summed E-state index contributed by atoms with van der Waals surface area (Å²) in [4.78, 5) is 23.5. The molecule has 0 atom stereocenters. The van der Waals surface area contributed by atoms with Crippen LogP contribution in [0.4, 0.5) is 0 Å². The minimum absolute atomic E-state index is 0.0210. The smallest absolute Gasteiger partial charge is 0.332 e. The molecule has 0 saturated heterocycles. The van der Waals surface area contributed by atoms with Crippen molar-refractivity contribution in [3.05, 3.63) is 41.0 Å². The van der Waals surface area contributed by atoms with Gasteiger partial charge in [0.2, 0.25) is 0 Å². The molecule has 0 amide bonds. The Hall–Kier alpha value is -2.38. The second kappa shape index (κ2) is 9.35. The highest BCUT2D eigenvalue weighted by Gasteiger charge is 2.31. The predicted molar refractivity (Wildman–Crippen MR) is 95.0 cm³/mol. The highest BCUT2D eigenvalue weighted by molar-refractivity contribution is 5.99. The molecule has 1 aromatic rings. The standard InChI is InChI=1S/C19H25NO6/c20-9-10-26-15-7-1-12(2-8-15)11-16(18(22)23)17(19(24)25)13-3-5-14(21)6-4-13/h1-2,7-8,13-14,21H,3-6,9-11,20H2,(H,22,23)(H,24,25)/t13-,14+. The summed E-state index contributed by atoms with van der Waals surface area (Å²) in [6.07, 6.45) is 1.52. The van der Waals surface area contributed by atoms with Crippen molar-refractivity contribution in [1.82, 2.24) is 0 Å². The van der Waals surface area contributed by atoms with Crippen LogP contribution >= 0.6 is 0 Å². The van der Waals surface area contributed by atoms with Crippen LogP contribution in [0, 0.1) is 5.92 Å². The lowest BCUT2D eigenvalue weighted by Gasteiger charge is -2.27. The Morgan fingerprint density at radius 3 is 2.15 bits per heavy atom. The fourth-order valence-electron chi connectivity index (χ4n) is 3.29. The fourth-order valence-corrected chi connectivity index (χ4v) is 3.29.